The van der Waals surface area contributed by atoms with Crippen LogP contribution in [0.5, 0.6) is 0 Å². The number of nitrogens with one attached hydrogen (secondary N) is 3. The largest absolute Gasteiger partial charge is 0.397 e. The van der Waals surface area contributed by atoms with Gasteiger partial charge in [0.1, 0.15) is 6.04 Å². The Balaban J connectivity index is 1.50. The lowest BCUT2D eigenvalue weighted by Gasteiger charge is -2.19. The van der Waals surface area contributed by atoms with E-state index in [4.69, 9.17) is 17.3 Å². The van der Waals surface area contributed by atoms with Gasteiger partial charge in [-0.2, -0.15) is 0 Å². The van der Waals surface area contributed by atoms with Crippen molar-refractivity contribution in [3.05, 3.63) is 125 Å². The van der Waals surface area contributed by atoms with Crippen molar-refractivity contribution in [1.29, 1.82) is 0 Å². The van der Waals surface area contributed by atoms with E-state index in [1.165, 1.54) is 0 Å². The molecule has 0 fully saturated rings. The highest BCUT2D eigenvalue weighted by Crippen LogP contribution is 2.21. The van der Waals surface area contributed by atoms with Gasteiger partial charge in [-0.15, -0.1) is 0 Å². The van der Waals surface area contributed by atoms with Crippen molar-refractivity contribution in [3.63, 3.8) is 0 Å². The number of halogens is 1. The number of aryl methyl sites for hydroxylation is 1. The van der Waals surface area contributed by atoms with Crippen LogP contribution in [-0.4, -0.2) is 17.7 Å². The van der Waals surface area contributed by atoms with Gasteiger partial charge in [0.15, 0.2) is 0 Å². The number of hydrogen-bond acceptors (Lipinski definition) is 4. The van der Waals surface area contributed by atoms with Crippen LogP contribution in [0, 0.1) is 0 Å². The molecule has 1 atom stereocenters. The monoisotopic (exact) mass is 526 g/mol. The molecule has 0 saturated heterocycles. The number of para-hydroxylation sites is 2. The highest BCUT2D eigenvalue weighted by Gasteiger charge is 2.23. The molecule has 0 aromatic heterocycles. The van der Waals surface area contributed by atoms with Gasteiger partial charge in [0, 0.05) is 22.7 Å². The number of amides is 3. The Morgan fingerprint density at radius 1 is 0.763 bits per heavy atom. The summed E-state index contributed by atoms with van der Waals surface area (Å²) in [6.07, 6.45) is 0.758. The summed E-state index contributed by atoms with van der Waals surface area (Å²) in [6.45, 7) is 0. The molecule has 0 saturated carbocycles. The van der Waals surface area contributed by atoms with Crippen LogP contribution in [0.25, 0.3) is 0 Å². The number of carbonyl (C=O) groups is 3. The SMILES string of the molecule is Nc1ccccc1NC(=O)c1ccc(C(NC(=O)CCc2ccccc2)C(=O)Nc2ccc(Cl)cc2)cc1. The lowest BCUT2D eigenvalue weighted by Crippen LogP contribution is -2.37. The summed E-state index contributed by atoms with van der Waals surface area (Å²) in [7, 11) is 0. The second kappa shape index (κ2) is 12.6. The van der Waals surface area contributed by atoms with Crippen molar-refractivity contribution in [1.82, 2.24) is 5.32 Å². The Hall–Kier alpha value is -4.62. The summed E-state index contributed by atoms with van der Waals surface area (Å²) in [4.78, 5) is 38.8. The predicted molar refractivity (Wildman–Crippen MR) is 151 cm³/mol. The van der Waals surface area contributed by atoms with Crippen molar-refractivity contribution < 1.29 is 14.4 Å². The molecule has 4 aromatic rings. The molecule has 192 valence electrons. The lowest BCUT2D eigenvalue weighted by atomic mass is 10.0. The maximum atomic E-state index is 13.3. The van der Waals surface area contributed by atoms with E-state index in [-0.39, 0.29) is 18.2 Å². The van der Waals surface area contributed by atoms with Crippen LogP contribution >= 0.6 is 11.6 Å². The number of carbonyl (C=O) groups excluding carboxylic acids is 3. The van der Waals surface area contributed by atoms with Crippen LogP contribution in [0.2, 0.25) is 5.02 Å². The molecular weight excluding hydrogens is 500 g/mol. The van der Waals surface area contributed by atoms with E-state index in [1.54, 1.807) is 72.8 Å². The fourth-order valence-corrected chi connectivity index (χ4v) is 3.94. The topological polar surface area (TPSA) is 113 Å². The molecule has 8 heteroatoms. The zero-order valence-electron chi connectivity index (χ0n) is 20.5. The van der Waals surface area contributed by atoms with Crippen molar-refractivity contribution in [3.8, 4) is 0 Å². The van der Waals surface area contributed by atoms with E-state index >= 15 is 0 Å². The number of rotatable bonds is 9. The summed E-state index contributed by atoms with van der Waals surface area (Å²) in [5.74, 6) is -1.04. The number of nitrogens with two attached hydrogens (primary N) is 1. The van der Waals surface area contributed by atoms with Gasteiger partial charge < -0.3 is 21.7 Å². The maximum absolute atomic E-state index is 13.3. The Morgan fingerprint density at radius 3 is 2.11 bits per heavy atom. The van der Waals surface area contributed by atoms with Crippen LogP contribution < -0.4 is 21.7 Å². The third-order valence-electron chi connectivity index (χ3n) is 5.88. The minimum Gasteiger partial charge on any atom is -0.397 e. The number of nitrogen functional groups attached to an aromatic ring is 1. The molecule has 4 rings (SSSR count). The van der Waals surface area contributed by atoms with Gasteiger partial charge >= 0.3 is 0 Å². The Bertz CT molecular complexity index is 1410. The molecule has 0 radical (unpaired) electrons. The lowest BCUT2D eigenvalue weighted by molar-refractivity contribution is -0.126. The van der Waals surface area contributed by atoms with Crippen LogP contribution in [0.15, 0.2) is 103 Å². The maximum Gasteiger partial charge on any atom is 0.255 e. The van der Waals surface area contributed by atoms with Gasteiger partial charge in [-0.05, 0) is 66.1 Å². The molecule has 7 nitrogen and oxygen atoms in total. The molecule has 0 aliphatic heterocycles. The van der Waals surface area contributed by atoms with Gasteiger partial charge in [-0.25, -0.2) is 0 Å². The third-order valence-corrected chi connectivity index (χ3v) is 6.13. The first-order valence-corrected chi connectivity index (χ1v) is 12.4. The molecule has 0 spiro atoms. The molecule has 0 heterocycles. The molecule has 4 aromatic carbocycles. The zero-order valence-corrected chi connectivity index (χ0v) is 21.2. The number of anilines is 3. The van der Waals surface area contributed by atoms with Gasteiger partial charge in [0.25, 0.3) is 11.8 Å². The second-order valence-electron chi connectivity index (χ2n) is 8.65. The Kier molecular flexibility index (Phi) is 8.74. The van der Waals surface area contributed by atoms with E-state index < -0.39 is 11.9 Å². The van der Waals surface area contributed by atoms with Gasteiger partial charge in [0.05, 0.1) is 11.4 Å². The molecule has 1 unspecified atom stereocenters. The quantitative estimate of drug-likeness (QED) is 0.212. The fourth-order valence-electron chi connectivity index (χ4n) is 3.82. The van der Waals surface area contributed by atoms with Crippen LogP contribution in [0.4, 0.5) is 17.1 Å². The Morgan fingerprint density at radius 2 is 1.42 bits per heavy atom. The van der Waals surface area contributed by atoms with Crippen LogP contribution in [0.1, 0.15) is 33.9 Å². The van der Waals surface area contributed by atoms with Gasteiger partial charge in [0.2, 0.25) is 5.91 Å². The van der Waals surface area contributed by atoms with E-state index in [0.717, 1.165) is 5.56 Å². The van der Waals surface area contributed by atoms with Gasteiger partial charge in [-0.3, -0.25) is 14.4 Å². The first-order valence-electron chi connectivity index (χ1n) is 12.0. The van der Waals surface area contributed by atoms with Crippen molar-refractivity contribution in [2.24, 2.45) is 0 Å². The summed E-state index contributed by atoms with van der Waals surface area (Å²) in [5, 5.41) is 8.97. The normalized spacial score (nSPS) is 11.3. The van der Waals surface area contributed by atoms with E-state index in [0.29, 0.717) is 39.6 Å². The summed E-state index contributed by atoms with van der Waals surface area (Å²) >= 11 is 5.95. The van der Waals surface area contributed by atoms with E-state index in [1.807, 2.05) is 30.3 Å². The first kappa shape index (κ1) is 26.4. The average molecular weight is 527 g/mol. The van der Waals surface area contributed by atoms with Crippen molar-refractivity contribution in [2.75, 3.05) is 16.4 Å². The molecule has 5 N–H and O–H groups in total. The fraction of sp³-hybridized carbons (Fsp3) is 0.100. The third kappa shape index (κ3) is 7.21. The van der Waals surface area contributed by atoms with Gasteiger partial charge in [-0.1, -0.05) is 66.2 Å². The minimum absolute atomic E-state index is 0.216. The van der Waals surface area contributed by atoms with E-state index in [9.17, 15) is 14.4 Å². The molecule has 0 aliphatic rings. The average Bonchev–Trinajstić information content (AvgIpc) is 2.93. The standard InChI is InChI=1S/C30H27ClN4O3/c31-23-15-17-24(18-16-23)33-30(38)28(35-27(36)19-10-20-6-2-1-3-7-20)21-11-13-22(14-12-21)29(37)34-26-9-5-4-8-25(26)32/h1-9,11-18,28H,10,19,32H2,(H,33,38)(H,34,37)(H,35,36). The van der Waals surface area contributed by atoms with Crippen LogP contribution in [0.3, 0.4) is 0 Å². The first-order chi connectivity index (χ1) is 18.4. The second-order valence-corrected chi connectivity index (χ2v) is 9.08. The molecule has 3 amide bonds. The highest BCUT2D eigenvalue weighted by molar-refractivity contribution is 6.30. The highest BCUT2D eigenvalue weighted by atomic mass is 35.5. The minimum atomic E-state index is -0.976. The zero-order chi connectivity index (χ0) is 26.9. The molecular formula is C30H27ClN4O3. The molecule has 0 aliphatic carbocycles. The molecule has 0 bridgehead atoms. The smallest absolute Gasteiger partial charge is 0.255 e. The van der Waals surface area contributed by atoms with Crippen LogP contribution in [-0.2, 0) is 16.0 Å². The number of hydrogen-bond donors (Lipinski definition) is 4. The summed E-state index contributed by atoms with van der Waals surface area (Å²) in [5.41, 5.74) is 9.35. The van der Waals surface area contributed by atoms with E-state index in [2.05, 4.69) is 16.0 Å². The number of benzene rings is 4. The molecule has 38 heavy (non-hydrogen) atoms. The predicted octanol–water partition coefficient (Wildman–Crippen LogP) is 5.60. The van der Waals surface area contributed by atoms with Crippen molar-refractivity contribution in [2.45, 2.75) is 18.9 Å². The van der Waals surface area contributed by atoms with Crippen molar-refractivity contribution >= 4 is 46.4 Å². The summed E-state index contributed by atoms with van der Waals surface area (Å²) in [6, 6.07) is 28.8. The Labute approximate surface area is 226 Å². The summed E-state index contributed by atoms with van der Waals surface area (Å²) < 4.78 is 0.